The first-order chi connectivity index (χ1) is 10.3. The third kappa shape index (κ3) is 3.01. The van der Waals surface area contributed by atoms with E-state index < -0.39 is 0 Å². The van der Waals surface area contributed by atoms with Crippen LogP contribution in [0.4, 0.5) is 0 Å². The van der Waals surface area contributed by atoms with E-state index in [4.69, 9.17) is 0 Å². The molecule has 3 aromatic rings. The molecular weight excluding hydrogens is 256 g/mol. The molecule has 1 aromatic heterocycles. The minimum atomic E-state index is 0.916. The molecule has 0 aliphatic rings. The average Bonchev–Trinajstić information content (AvgIpc) is 2.91. The van der Waals surface area contributed by atoms with E-state index in [0.717, 1.165) is 19.5 Å². The first-order valence-electron chi connectivity index (χ1n) is 7.60. The average molecular weight is 278 g/mol. The van der Waals surface area contributed by atoms with Gasteiger partial charge in [0.2, 0.25) is 0 Å². The highest BCUT2D eigenvalue weighted by Crippen LogP contribution is 2.19. The maximum Gasteiger partial charge on any atom is 0.0483 e. The van der Waals surface area contributed by atoms with E-state index in [1.54, 1.807) is 0 Å². The fourth-order valence-corrected chi connectivity index (χ4v) is 2.78. The van der Waals surface area contributed by atoms with Gasteiger partial charge in [0.05, 0.1) is 0 Å². The van der Waals surface area contributed by atoms with E-state index in [-0.39, 0.29) is 0 Å². The Hall–Kier alpha value is -2.06. The van der Waals surface area contributed by atoms with Gasteiger partial charge in [-0.2, -0.15) is 0 Å². The lowest BCUT2D eigenvalue weighted by atomic mass is 10.1. The molecule has 21 heavy (non-hydrogen) atoms. The highest BCUT2D eigenvalue weighted by atomic mass is 14.9. The van der Waals surface area contributed by atoms with Crippen LogP contribution in [0.1, 0.15) is 23.6 Å². The maximum atomic E-state index is 3.20. The summed E-state index contributed by atoms with van der Waals surface area (Å²) in [6, 6.07) is 17.8. The summed E-state index contributed by atoms with van der Waals surface area (Å²) < 4.78 is 2.32. The van der Waals surface area contributed by atoms with Crippen molar-refractivity contribution in [3.63, 3.8) is 0 Å². The van der Waals surface area contributed by atoms with Crippen LogP contribution in [0.3, 0.4) is 0 Å². The van der Waals surface area contributed by atoms with Crippen LogP contribution in [-0.4, -0.2) is 11.6 Å². The van der Waals surface area contributed by atoms with Crippen molar-refractivity contribution in [2.24, 2.45) is 0 Å². The van der Waals surface area contributed by atoms with E-state index in [1.807, 2.05) is 7.05 Å². The molecule has 0 atom stereocenters. The molecular formula is C19H22N2. The van der Waals surface area contributed by atoms with Crippen LogP contribution >= 0.6 is 0 Å². The molecule has 3 rings (SSSR count). The summed E-state index contributed by atoms with van der Waals surface area (Å²) in [5.41, 5.74) is 5.38. The van der Waals surface area contributed by atoms with Crippen molar-refractivity contribution in [1.82, 2.24) is 9.88 Å². The minimum Gasteiger partial charge on any atom is -0.343 e. The first-order valence-corrected chi connectivity index (χ1v) is 7.60. The molecule has 0 unspecified atom stereocenters. The van der Waals surface area contributed by atoms with E-state index >= 15 is 0 Å². The molecule has 1 heterocycles. The third-order valence-electron chi connectivity index (χ3n) is 4.00. The predicted octanol–water partition coefficient (Wildman–Crippen LogP) is 3.97. The molecule has 0 amide bonds. The summed E-state index contributed by atoms with van der Waals surface area (Å²) in [5, 5.41) is 4.51. The fraction of sp³-hybridized carbons (Fsp3) is 0.263. The van der Waals surface area contributed by atoms with Crippen LogP contribution < -0.4 is 5.32 Å². The van der Waals surface area contributed by atoms with Gasteiger partial charge in [0.25, 0.3) is 0 Å². The molecule has 108 valence electrons. The number of rotatable bonds is 5. The Morgan fingerprint density at radius 3 is 2.33 bits per heavy atom. The summed E-state index contributed by atoms with van der Waals surface area (Å²) in [7, 11) is 1.98. The Labute approximate surface area is 126 Å². The maximum absolute atomic E-state index is 3.20. The monoisotopic (exact) mass is 278 g/mol. The summed E-state index contributed by atoms with van der Waals surface area (Å²) in [5.74, 6) is 0. The molecule has 0 saturated carbocycles. The molecule has 0 bridgehead atoms. The molecule has 0 spiro atoms. The zero-order valence-corrected chi connectivity index (χ0v) is 12.8. The van der Waals surface area contributed by atoms with Gasteiger partial charge in [0.1, 0.15) is 0 Å². The second-order valence-electron chi connectivity index (χ2n) is 5.54. The SMILES string of the molecule is CCc1ccc(Cn2ccc3cc(CNC)ccc32)cc1. The van der Waals surface area contributed by atoms with Crippen LogP contribution in [0, 0.1) is 0 Å². The van der Waals surface area contributed by atoms with Crippen LogP contribution in [0.15, 0.2) is 54.7 Å². The number of aryl methyl sites for hydroxylation is 1. The van der Waals surface area contributed by atoms with Gasteiger partial charge in [-0.1, -0.05) is 37.3 Å². The lowest BCUT2D eigenvalue weighted by molar-refractivity contribution is 0.817. The van der Waals surface area contributed by atoms with Crippen LogP contribution in [0.5, 0.6) is 0 Å². The molecule has 0 aliphatic heterocycles. The number of benzene rings is 2. The van der Waals surface area contributed by atoms with Gasteiger partial charge in [-0.3, -0.25) is 0 Å². The van der Waals surface area contributed by atoms with Crippen molar-refractivity contribution in [2.75, 3.05) is 7.05 Å². The van der Waals surface area contributed by atoms with E-state index in [1.165, 1.54) is 27.6 Å². The van der Waals surface area contributed by atoms with Crippen LogP contribution in [0.2, 0.25) is 0 Å². The number of hydrogen-bond acceptors (Lipinski definition) is 1. The number of nitrogens with one attached hydrogen (secondary N) is 1. The van der Waals surface area contributed by atoms with Gasteiger partial charge in [0.15, 0.2) is 0 Å². The summed E-state index contributed by atoms with van der Waals surface area (Å²) in [4.78, 5) is 0. The smallest absolute Gasteiger partial charge is 0.0483 e. The van der Waals surface area contributed by atoms with Crippen molar-refractivity contribution >= 4 is 10.9 Å². The molecule has 2 aromatic carbocycles. The molecule has 2 nitrogen and oxygen atoms in total. The Morgan fingerprint density at radius 1 is 0.905 bits per heavy atom. The lowest BCUT2D eigenvalue weighted by Crippen LogP contribution is -2.04. The highest BCUT2D eigenvalue weighted by molar-refractivity contribution is 5.81. The molecule has 0 saturated heterocycles. The van der Waals surface area contributed by atoms with Crippen molar-refractivity contribution < 1.29 is 0 Å². The number of aromatic nitrogens is 1. The zero-order chi connectivity index (χ0) is 14.7. The number of fused-ring (bicyclic) bond motifs is 1. The fourth-order valence-electron chi connectivity index (χ4n) is 2.78. The zero-order valence-electron chi connectivity index (χ0n) is 12.8. The van der Waals surface area contributed by atoms with Gasteiger partial charge in [0, 0.05) is 24.8 Å². The Kier molecular flexibility index (Phi) is 4.07. The Bertz CT molecular complexity index is 723. The second-order valence-corrected chi connectivity index (χ2v) is 5.54. The van der Waals surface area contributed by atoms with Gasteiger partial charge < -0.3 is 9.88 Å². The van der Waals surface area contributed by atoms with Gasteiger partial charge >= 0.3 is 0 Å². The predicted molar refractivity (Wildman–Crippen MR) is 89.6 cm³/mol. The van der Waals surface area contributed by atoms with Gasteiger partial charge in [-0.15, -0.1) is 0 Å². The van der Waals surface area contributed by atoms with E-state index in [0.29, 0.717) is 0 Å². The molecule has 0 fully saturated rings. The summed E-state index contributed by atoms with van der Waals surface area (Å²) in [6.45, 7) is 4.04. The van der Waals surface area contributed by atoms with Crippen molar-refractivity contribution in [1.29, 1.82) is 0 Å². The number of nitrogens with zero attached hydrogens (tertiary/aromatic N) is 1. The third-order valence-corrected chi connectivity index (χ3v) is 4.00. The van der Waals surface area contributed by atoms with Crippen molar-refractivity contribution in [3.05, 3.63) is 71.4 Å². The normalized spacial score (nSPS) is 11.1. The largest absolute Gasteiger partial charge is 0.343 e. The minimum absolute atomic E-state index is 0.916. The lowest BCUT2D eigenvalue weighted by Gasteiger charge is -2.07. The Balaban J connectivity index is 1.86. The Morgan fingerprint density at radius 2 is 1.62 bits per heavy atom. The molecule has 0 aliphatic carbocycles. The van der Waals surface area contributed by atoms with Crippen molar-refractivity contribution in [2.45, 2.75) is 26.4 Å². The standard InChI is InChI=1S/C19H22N2/c1-3-15-4-6-16(7-5-15)14-21-11-10-18-12-17(13-20-2)8-9-19(18)21/h4-12,20H,3,13-14H2,1-2H3. The van der Waals surface area contributed by atoms with Gasteiger partial charge in [-0.25, -0.2) is 0 Å². The quantitative estimate of drug-likeness (QED) is 0.747. The highest BCUT2D eigenvalue weighted by Gasteiger charge is 2.03. The first kappa shape index (κ1) is 13.9. The molecule has 2 heteroatoms. The molecule has 0 radical (unpaired) electrons. The van der Waals surface area contributed by atoms with Crippen LogP contribution in [0.25, 0.3) is 10.9 Å². The van der Waals surface area contributed by atoms with E-state index in [9.17, 15) is 0 Å². The number of hydrogen-bond donors (Lipinski definition) is 1. The van der Waals surface area contributed by atoms with E-state index in [2.05, 4.69) is 71.5 Å². The topological polar surface area (TPSA) is 17.0 Å². The van der Waals surface area contributed by atoms with Gasteiger partial charge in [-0.05, 0) is 53.7 Å². The van der Waals surface area contributed by atoms with Crippen molar-refractivity contribution in [3.8, 4) is 0 Å². The summed E-state index contributed by atoms with van der Waals surface area (Å²) in [6.07, 6.45) is 3.28. The second kappa shape index (κ2) is 6.15. The molecule has 1 N–H and O–H groups in total. The van der Waals surface area contributed by atoms with Crippen LogP contribution in [-0.2, 0) is 19.5 Å². The summed E-state index contributed by atoms with van der Waals surface area (Å²) >= 11 is 0.